The van der Waals surface area contributed by atoms with Gasteiger partial charge in [-0.15, -0.1) is 0 Å². The predicted octanol–water partition coefficient (Wildman–Crippen LogP) is 4.62. The van der Waals surface area contributed by atoms with E-state index in [9.17, 15) is 14.0 Å². The molecule has 0 bridgehead atoms. The average molecular weight is 421 g/mol. The van der Waals surface area contributed by atoms with Gasteiger partial charge in [0.2, 0.25) is 0 Å². The van der Waals surface area contributed by atoms with Gasteiger partial charge in [0, 0.05) is 29.0 Å². The molecule has 0 aliphatic rings. The van der Waals surface area contributed by atoms with Gasteiger partial charge in [0.25, 0.3) is 11.8 Å². The Morgan fingerprint density at radius 1 is 0.900 bits per heavy atom. The van der Waals surface area contributed by atoms with Crippen molar-refractivity contribution in [1.82, 2.24) is 5.32 Å². The Bertz CT molecular complexity index is 1040. The Labute approximate surface area is 179 Å². The third-order valence-corrected chi connectivity index (χ3v) is 4.56. The number of halogens is 1. The molecule has 0 spiro atoms. The Morgan fingerprint density at radius 2 is 1.50 bits per heavy atom. The second kappa shape index (κ2) is 9.76. The van der Waals surface area contributed by atoms with Gasteiger partial charge < -0.3 is 10.2 Å². The molecule has 0 saturated heterocycles. The number of nitrogens with one attached hydrogen (secondary N) is 2. The van der Waals surface area contributed by atoms with E-state index >= 15 is 0 Å². The first-order valence-electron chi connectivity index (χ1n) is 9.33. The summed E-state index contributed by atoms with van der Waals surface area (Å²) in [6, 6.07) is 21.4. The summed E-state index contributed by atoms with van der Waals surface area (Å²) in [5.74, 6) is -0.973. The fourth-order valence-electron chi connectivity index (χ4n) is 2.84. The van der Waals surface area contributed by atoms with Crippen LogP contribution in [0.15, 0.2) is 78.9 Å². The summed E-state index contributed by atoms with van der Waals surface area (Å²) >= 11 is 5.15. The molecule has 0 atom stereocenters. The van der Waals surface area contributed by atoms with Crippen LogP contribution in [0.1, 0.15) is 27.6 Å². The fourth-order valence-corrected chi connectivity index (χ4v) is 3.05. The van der Waals surface area contributed by atoms with E-state index in [1.54, 1.807) is 29.2 Å². The SMILES string of the molecule is CCN(C(=O)c1ccc(NC(=S)NC(=O)c2ccc(F)cc2)cc1)c1ccccc1. The number of carbonyl (C=O) groups excluding carboxylic acids is 2. The molecule has 0 radical (unpaired) electrons. The summed E-state index contributed by atoms with van der Waals surface area (Å²) in [6.07, 6.45) is 0. The molecular weight excluding hydrogens is 401 g/mol. The lowest BCUT2D eigenvalue weighted by Gasteiger charge is -2.21. The van der Waals surface area contributed by atoms with Crippen LogP contribution in [0.5, 0.6) is 0 Å². The zero-order chi connectivity index (χ0) is 21.5. The van der Waals surface area contributed by atoms with Gasteiger partial charge >= 0.3 is 0 Å². The summed E-state index contributed by atoms with van der Waals surface area (Å²) in [4.78, 5) is 26.7. The van der Waals surface area contributed by atoms with Crippen molar-refractivity contribution in [3.63, 3.8) is 0 Å². The number of benzene rings is 3. The second-order valence-electron chi connectivity index (χ2n) is 6.38. The highest BCUT2D eigenvalue weighted by molar-refractivity contribution is 7.80. The molecule has 0 saturated carbocycles. The number of carbonyl (C=O) groups is 2. The zero-order valence-electron chi connectivity index (χ0n) is 16.3. The molecule has 3 aromatic carbocycles. The highest BCUT2D eigenvalue weighted by atomic mass is 32.1. The van der Waals surface area contributed by atoms with E-state index in [-0.39, 0.29) is 11.0 Å². The van der Waals surface area contributed by atoms with Crippen LogP contribution in [-0.4, -0.2) is 23.5 Å². The summed E-state index contributed by atoms with van der Waals surface area (Å²) < 4.78 is 13.0. The van der Waals surface area contributed by atoms with Crippen LogP contribution in [0.4, 0.5) is 15.8 Å². The van der Waals surface area contributed by atoms with Crippen molar-refractivity contribution in [3.8, 4) is 0 Å². The normalized spacial score (nSPS) is 10.2. The van der Waals surface area contributed by atoms with Crippen molar-refractivity contribution < 1.29 is 14.0 Å². The molecule has 0 aromatic heterocycles. The molecule has 5 nitrogen and oxygen atoms in total. The molecule has 0 aliphatic carbocycles. The van der Waals surface area contributed by atoms with Gasteiger partial charge in [-0.25, -0.2) is 4.39 Å². The van der Waals surface area contributed by atoms with Crippen LogP contribution in [-0.2, 0) is 0 Å². The third-order valence-electron chi connectivity index (χ3n) is 4.35. The van der Waals surface area contributed by atoms with Crippen molar-refractivity contribution in [2.75, 3.05) is 16.8 Å². The average Bonchev–Trinajstić information content (AvgIpc) is 2.76. The number of anilines is 2. The first-order chi connectivity index (χ1) is 14.5. The molecule has 2 amide bonds. The minimum atomic E-state index is -0.444. The van der Waals surface area contributed by atoms with E-state index in [2.05, 4.69) is 10.6 Å². The molecular formula is C23H20FN3O2S. The summed E-state index contributed by atoms with van der Waals surface area (Å²) in [7, 11) is 0. The van der Waals surface area contributed by atoms with Gasteiger partial charge in [-0.3, -0.25) is 14.9 Å². The highest BCUT2D eigenvalue weighted by Crippen LogP contribution is 2.18. The van der Waals surface area contributed by atoms with Gasteiger partial charge in [-0.2, -0.15) is 0 Å². The molecule has 2 N–H and O–H groups in total. The van der Waals surface area contributed by atoms with Gasteiger partial charge in [0.05, 0.1) is 0 Å². The fraction of sp³-hybridized carbons (Fsp3) is 0.0870. The van der Waals surface area contributed by atoms with Crippen LogP contribution in [0.2, 0.25) is 0 Å². The smallest absolute Gasteiger partial charge is 0.258 e. The topological polar surface area (TPSA) is 61.4 Å². The maximum atomic E-state index is 13.0. The lowest BCUT2D eigenvalue weighted by molar-refractivity contribution is 0.0973. The van der Waals surface area contributed by atoms with Gasteiger partial charge in [0.15, 0.2) is 5.11 Å². The second-order valence-corrected chi connectivity index (χ2v) is 6.79. The molecule has 3 rings (SSSR count). The number of para-hydroxylation sites is 1. The summed E-state index contributed by atoms with van der Waals surface area (Å²) in [6.45, 7) is 2.46. The molecule has 0 unspecified atom stereocenters. The molecule has 152 valence electrons. The molecule has 0 heterocycles. The number of nitrogens with zero attached hydrogens (tertiary/aromatic N) is 1. The van der Waals surface area contributed by atoms with Crippen molar-refractivity contribution >= 4 is 40.5 Å². The largest absolute Gasteiger partial charge is 0.332 e. The molecule has 3 aromatic rings. The number of rotatable bonds is 5. The van der Waals surface area contributed by atoms with Crippen molar-refractivity contribution in [2.24, 2.45) is 0 Å². The van der Waals surface area contributed by atoms with E-state index < -0.39 is 11.7 Å². The maximum Gasteiger partial charge on any atom is 0.258 e. The van der Waals surface area contributed by atoms with Crippen LogP contribution in [0.25, 0.3) is 0 Å². The number of hydrogen-bond donors (Lipinski definition) is 2. The number of thiocarbonyl (C=S) groups is 1. The van der Waals surface area contributed by atoms with Crippen molar-refractivity contribution in [1.29, 1.82) is 0 Å². The van der Waals surface area contributed by atoms with Gasteiger partial charge in [0.1, 0.15) is 5.82 Å². The predicted molar refractivity (Wildman–Crippen MR) is 120 cm³/mol. The van der Waals surface area contributed by atoms with Gasteiger partial charge in [-0.1, -0.05) is 18.2 Å². The molecule has 7 heteroatoms. The third kappa shape index (κ3) is 5.27. The van der Waals surface area contributed by atoms with Crippen LogP contribution < -0.4 is 15.5 Å². The summed E-state index contributed by atoms with van der Waals surface area (Å²) in [5, 5.41) is 5.53. The minimum Gasteiger partial charge on any atom is -0.332 e. The monoisotopic (exact) mass is 421 g/mol. The molecule has 30 heavy (non-hydrogen) atoms. The molecule has 0 fully saturated rings. The number of hydrogen-bond acceptors (Lipinski definition) is 3. The Hall–Kier alpha value is -3.58. The van der Waals surface area contributed by atoms with E-state index in [0.29, 0.717) is 23.4 Å². The van der Waals surface area contributed by atoms with Crippen LogP contribution >= 0.6 is 12.2 Å². The van der Waals surface area contributed by atoms with Crippen LogP contribution in [0, 0.1) is 5.82 Å². The summed E-state index contributed by atoms with van der Waals surface area (Å²) in [5.41, 5.74) is 2.28. The highest BCUT2D eigenvalue weighted by Gasteiger charge is 2.16. The quantitative estimate of drug-likeness (QED) is 0.590. The molecule has 0 aliphatic heterocycles. The standard InChI is InChI=1S/C23H20FN3O2S/c1-2-27(20-6-4-3-5-7-20)22(29)17-10-14-19(15-11-17)25-23(30)26-21(28)16-8-12-18(24)13-9-16/h3-15H,2H2,1H3,(H2,25,26,28,30). The van der Waals surface area contributed by atoms with Gasteiger partial charge in [-0.05, 0) is 79.8 Å². The van der Waals surface area contributed by atoms with E-state index in [1.807, 2.05) is 37.3 Å². The van der Waals surface area contributed by atoms with Crippen LogP contribution in [0.3, 0.4) is 0 Å². The first kappa shape index (κ1) is 21.1. The zero-order valence-corrected chi connectivity index (χ0v) is 17.1. The lowest BCUT2D eigenvalue weighted by atomic mass is 10.1. The Balaban J connectivity index is 1.62. The lowest BCUT2D eigenvalue weighted by Crippen LogP contribution is -2.34. The van der Waals surface area contributed by atoms with E-state index in [1.165, 1.54) is 24.3 Å². The first-order valence-corrected chi connectivity index (χ1v) is 9.73. The van der Waals surface area contributed by atoms with Crippen molar-refractivity contribution in [2.45, 2.75) is 6.92 Å². The Kier molecular flexibility index (Phi) is 6.87. The van der Waals surface area contributed by atoms with Crippen molar-refractivity contribution in [3.05, 3.63) is 95.8 Å². The van der Waals surface area contributed by atoms with E-state index in [0.717, 1.165) is 5.69 Å². The number of amides is 2. The minimum absolute atomic E-state index is 0.0999. The van der Waals surface area contributed by atoms with E-state index in [4.69, 9.17) is 12.2 Å². The Morgan fingerprint density at radius 3 is 2.10 bits per heavy atom. The maximum absolute atomic E-state index is 13.0.